The largest absolute Gasteiger partial charge is 0.326 e. The Morgan fingerprint density at radius 1 is 1.06 bits per heavy atom. The normalized spacial score (nSPS) is 16.2. The molecule has 0 saturated carbocycles. The molecular weight excluding hydrogens is 384 g/mol. The number of likely N-dealkylation sites (tertiary alicyclic amines) is 1. The van der Waals surface area contributed by atoms with E-state index in [1.807, 2.05) is 42.8 Å². The number of nitrogens with zero attached hydrogens (tertiary/aromatic N) is 3. The Labute approximate surface area is 185 Å². The molecule has 1 N–H and O–H groups in total. The number of amides is 1. The number of anilines is 1. The summed E-state index contributed by atoms with van der Waals surface area (Å²) in [6.07, 6.45) is 1.83. The highest BCUT2D eigenvalue weighted by molar-refractivity contribution is 5.92. The zero-order valence-electron chi connectivity index (χ0n) is 18.7. The first kappa shape index (κ1) is 21.3. The van der Waals surface area contributed by atoms with Crippen LogP contribution in [0.25, 0.3) is 5.69 Å². The summed E-state index contributed by atoms with van der Waals surface area (Å²) in [5.41, 5.74) is 5.33. The SMILES string of the molecule is Cc1cc(C)n(-c2ccc(NC(=O)C3CCN(C[C@H](C)c4ccccc4)CC3)cc2)n1. The predicted octanol–water partition coefficient (Wildman–Crippen LogP) is 4.94. The van der Waals surface area contributed by atoms with Crippen molar-refractivity contribution in [3.8, 4) is 5.69 Å². The molecule has 1 fully saturated rings. The summed E-state index contributed by atoms with van der Waals surface area (Å²) >= 11 is 0. The van der Waals surface area contributed by atoms with Crippen molar-refractivity contribution in [2.75, 3.05) is 25.0 Å². The minimum absolute atomic E-state index is 0.0824. The summed E-state index contributed by atoms with van der Waals surface area (Å²) in [7, 11) is 0. The lowest BCUT2D eigenvalue weighted by Gasteiger charge is -2.33. The van der Waals surface area contributed by atoms with E-state index in [4.69, 9.17) is 0 Å². The molecule has 3 aromatic rings. The van der Waals surface area contributed by atoms with E-state index in [0.29, 0.717) is 5.92 Å². The van der Waals surface area contributed by atoms with Gasteiger partial charge in [-0.3, -0.25) is 4.79 Å². The Bertz CT molecular complexity index is 1000. The Hall–Kier alpha value is -2.92. The third-order valence-corrected chi connectivity index (χ3v) is 6.25. The average molecular weight is 417 g/mol. The number of piperidine rings is 1. The Balaban J connectivity index is 1.28. The summed E-state index contributed by atoms with van der Waals surface area (Å²) in [6.45, 7) is 9.32. The fourth-order valence-electron chi connectivity index (χ4n) is 4.47. The quantitative estimate of drug-likeness (QED) is 0.619. The van der Waals surface area contributed by atoms with Gasteiger partial charge in [0.1, 0.15) is 0 Å². The van der Waals surface area contributed by atoms with Crippen molar-refractivity contribution in [2.24, 2.45) is 5.92 Å². The maximum atomic E-state index is 12.8. The van der Waals surface area contributed by atoms with Crippen molar-refractivity contribution in [1.29, 1.82) is 0 Å². The molecule has 1 atom stereocenters. The molecule has 1 aliphatic rings. The van der Waals surface area contributed by atoms with Crippen LogP contribution in [0.1, 0.15) is 42.6 Å². The van der Waals surface area contributed by atoms with E-state index < -0.39 is 0 Å². The minimum atomic E-state index is 0.0824. The number of nitrogens with one attached hydrogen (secondary N) is 1. The summed E-state index contributed by atoms with van der Waals surface area (Å²) < 4.78 is 1.92. The van der Waals surface area contributed by atoms with Gasteiger partial charge in [-0.05, 0) is 81.6 Å². The molecule has 5 nitrogen and oxygen atoms in total. The van der Waals surface area contributed by atoms with Gasteiger partial charge in [0.25, 0.3) is 0 Å². The summed E-state index contributed by atoms with van der Waals surface area (Å²) in [4.78, 5) is 15.3. The van der Waals surface area contributed by atoms with E-state index in [1.165, 1.54) is 5.56 Å². The fourth-order valence-corrected chi connectivity index (χ4v) is 4.47. The predicted molar refractivity (Wildman–Crippen MR) is 126 cm³/mol. The molecule has 0 radical (unpaired) electrons. The van der Waals surface area contributed by atoms with Gasteiger partial charge in [-0.25, -0.2) is 4.68 Å². The first-order chi connectivity index (χ1) is 15.0. The van der Waals surface area contributed by atoms with Gasteiger partial charge in [0.2, 0.25) is 5.91 Å². The van der Waals surface area contributed by atoms with Crippen LogP contribution in [0.3, 0.4) is 0 Å². The van der Waals surface area contributed by atoms with Crippen LogP contribution in [-0.2, 0) is 4.79 Å². The fraction of sp³-hybridized carbons (Fsp3) is 0.385. The summed E-state index contributed by atoms with van der Waals surface area (Å²) in [6, 6.07) is 20.6. The van der Waals surface area contributed by atoms with Gasteiger partial charge in [0, 0.05) is 23.8 Å². The van der Waals surface area contributed by atoms with Crippen LogP contribution in [0.5, 0.6) is 0 Å². The lowest BCUT2D eigenvalue weighted by atomic mass is 9.94. The number of carbonyl (C=O) groups excluding carboxylic acids is 1. The van der Waals surface area contributed by atoms with Gasteiger partial charge in [-0.1, -0.05) is 37.3 Å². The zero-order valence-corrected chi connectivity index (χ0v) is 18.7. The first-order valence-corrected chi connectivity index (χ1v) is 11.2. The second-order valence-electron chi connectivity index (χ2n) is 8.76. The van der Waals surface area contributed by atoms with Crippen LogP contribution in [0, 0.1) is 19.8 Å². The highest BCUT2D eigenvalue weighted by Crippen LogP contribution is 2.23. The molecule has 2 heterocycles. The van der Waals surface area contributed by atoms with Crippen molar-refractivity contribution in [2.45, 2.75) is 39.5 Å². The molecular formula is C26H32N4O. The van der Waals surface area contributed by atoms with E-state index in [1.54, 1.807) is 0 Å². The van der Waals surface area contributed by atoms with Crippen molar-refractivity contribution >= 4 is 11.6 Å². The summed E-state index contributed by atoms with van der Waals surface area (Å²) in [5, 5.41) is 7.62. The minimum Gasteiger partial charge on any atom is -0.326 e. The zero-order chi connectivity index (χ0) is 21.8. The van der Waals surface area contributed by atoms with E-state index in [2.05, 4.69) is 58.6 Å². The number of hydrogen-bond acceptors (Lipinski definition) is 3. The van der Waals surface area contributed by atoms with Gasteiger partial charge in [-0.15, -0.1) is 0 Å². The van der Waals surface area contributed by atoms with E-state index >= 15 is 0 Å². The molecule has 5 heteroatoms. The molecule has 0 spiro atoms. The van der Waals surface area contributed by atoms with Crippen LogP contribution >= 0.6 is 0 Å². The van der Waals surface area contributed by atoms with Gasteiger partial charge in [-0.2, -0.15) is 5.10 Å². The number of hydrogen-bond donors (Lipinski definition) is 1. The highest BCUT2D eigenvalue weighted by Gasteiger charge is 2.26. The molecule has 162 valence electrons. The topological polar surface area (TPSA) is 50.2 Å². The monoisotopic (exact) mass is 416 g/mol. The first-order valence-electron chi connectivity index (χ1n) is 11.2. The van der Waals surface area contributed by atoms with Crippen molar-refractivity contribution in [3.05, 3.63) is 77.6 Å². The molecule has 1 aliphatic heterocycles. The molecule has 0 aliphatic carbocycles. The number of carbonyl (C=O) groups is 1. The smallest absolute Gasteiger partial charge is 0.227 e. The third-order valence-electron chi connectivity index (χ3n) is 6.25. The standard InChI is InChI=1S/C26H32N4O/c1-19(22-7-5-4-6-8-22)18-29-15-13-23(14-16-29)26(31)27-24-9-11-25(12-10-24)30-21(3)17-20(2)28-30/h4-12,17,19,23H,13-16,18H2,1-3H3,(H,27,31)/t19-/m0/s1. The Kier molecular flexibility index (Phi) is 6.52. The lowest BCUT2D eigenvalue weighted by Crippen LogP contribution is -2.39. The summed E-state index contributed by atoms with van der Waals surface area (Å²) in [5.74, 6) is 0.723. The van der Waals surface area contributed by atoms with Crippen LogP contribution in [0.15, 0.2) is 60.7 Å². The van der Waals surface area contributed by atoms with Crippen LogP contribution < -0.4 is 5.32 Å². The number of aromatic nitrogens is 2. The van der Waals surface area contributed by atoms with E-state index in [9.17, 15) is 4.79 Å². The van der Waals surface area contributed by atoms with Crippen molar-refractivity contribution < 1.29 is 4.79 Å². The molecule has 1 amide bonds. The second-order valence-corrected chi connectivity index (χ2v) is 8.76. The molecule has 1 aromatic heterocycles. The van der Waals surface area contributed by atoms with Gasteiger partial charge >= 0.3 is 0 Å². The third kappa shape index (κ3) is 5.23. The van der Waals surface area contributed by atoms with Crippen LogP contribution in [-0.4, -0.2) is 40.2 Å². The Morgan fingerprint density at radius 3 is 2.35 bits per heavy atom. The number of aryl methyl sites for hydroxylation is 2. The van der Waals surface area contributed by atoms with Crippen molar-refractivity contribution in [1.82, 2.24) is 14.7 Å². The molecule has 2 aromatic carbocycles. The molecule has 4 rings (SSSR count). The van der Waals surface area contributed by atoms with Crippen molar-refractivity contribution in [3.63, 3.8) is 0 Å². The molecule has 0 unspecified atom stereocenters. The average Bonchev–Trinajstić information content (AvgIpc) is 3.13. The number of benzene rings is 2. The lowest BCUT2D eigenvalue weighted by molar-refractivity contribution is -0.121. The maximum absolute atomic E-state index is 12.8. The molecule has 0 bridgehead atoms. The van der Waals surface area contributed by atoms with E-state index in [-0.39, 0.29) is 11.8 Å². The molecule has 31 heavy (non-hydrogen) atoms. The van der Waals surface area contributed by atoms with Gasteiger partial charge in [0.15, 0.2) is 0 Å². The van der Waals surface area contributed by atoms with Crippen LogP contribution in [0.2, 0.25) is 0 Å². The molecule has 1 saturated heterocycles. The highest BCUT2D eigenvalue weighted by atomic mass is 16.1. The number of rotatable bonds is 6. The van der Waals surface area contributed by atoms with E-state index in [0.717, 1.165) is 55.2 Å². The Morgan fingerprint density at radius 2 is 1.74 bits per heavy atom. The maximum Gasteiger partial charge on any atom is 0.227 e. The van der Waals surface area contributed by atoms with Gasteiger partial charge < -0.3 is 10.2 Å². The second kappa shape index (κ2) is 9.48. The van der Waals surface area contributed by atoms with Gasteiger partial charge in [0.05, 0.1) is 11.4 Å². The van der Waals surface area contributed by atoms with Crippen LogP contribution in [0.4, 0.5) is 5.69 Å².